The van der Waals surface area contributed by atoms with Crippen LogP contribution in [0.4, 0.5) is 4.39 Å². The largest absolute Gasteiger partial charge is 0.454 e. The van der Waals surface area contributed by atoms with Crippen LogP contribution in [0.25, 0.3) is 22.4 Å². The van der Waals surface area contributed by atoms with Crippen molar-refractivity contribution in [3.05, 3.63) is 70.5 Å². The third-order valence-corrected chi connectivity index (χ3v) is 6.45. The molecule has 0 spiro atoms. The summed E-state index contributed by atoms with van der Waals surface area (Å²) in [4.78, 5) is 34.3. The van der Waals surface area contributed by atoms with Crippen molar-refractivity contribution >= 4 is 17.0 Å². The summed E-state index contributed by atoms with van der Waals surface area (Å²) < 4.78 is 30.6. The van der Waals surface area contributed by atoms with Crippen LogP contribution in [0, 0.1) is 5.82 Å². The van der Waals surface area contributed by atoms with Crippen LogP contribution in [0.1, 0.15) is 5.56 Å². The lowest BCUT2D eigenvalue weighted by Gasteiger charge is -2.34. The Hall–Kier alpha value is -4.25. The highest BCUT2D eigenvalue weighted by molar-refractivity contribution is 5.88. The first-order chi connectivity index (χ1) is 17.5. The van der Waals surface area contributed by atoms with Gasteiger partial charge in [-0.25, -0.2) is 9.37 Å². The van der Waals surface area contributed by atoms with E-state index in [0.29, 0.717) is 31.7 Å². The number of piperazine rings is 1. The molecule has 2 aromatic carbocycles. The molecule has 0 radical (unpaired) electrons. The van der Waals surface area contributed by atoms with E-state index >= 15 is 0 Å². The van der Waals surface area contributed by atoms with Crippen LogP contribution in [0.2, 0.25) is 0 Å². The smallest absolute Gasteiger partial charge is 0.267 e. The van der Waals surface area contributed by atoms with Crippen LogP contribution in [-0.2, 0) is 17.9 Å². The molecule has 2 aromatic heterocycles. The fraction of sp³-hybridized carbons (Fsp3) is 0.280. The van der Waals surface area contributed by atoms with Gasteiger partial charge in [0, 0.05) is 38.3 Å². The molecular weight excluding hydrogens is 469 g/mol. The molecule has 2 aliphatic rings. The van der Waals surface area contributed by atoms with Crippen LogP contribution >= 0.6 is 0 Å². The highest BCUT2D eigenvalue weighted by Gasteiger charge is 2.24. The van der Waals surface area contributed by atoms with Crippen molar-refractivity contribution in [3.8, 4) is 22.8 Å². The van der Waals surface area contributed by atoms with Crippen LogP contribution < -0.4 is 15.0 Å². The maximum Gasteiger partial charge on any atom is 0.267 e. The average molecular weight is 491 g/mol. The highest BCUT2D eigenvalue weighted by Crippen LogP contribution is 2.33. The second-order valence-electron chi connectivity index (χ2n) is 8.74. The third kappa shape index (κ3) is 4.17. The molecule has 0 unspecified atom stereocenters. The van der Waals surface area contributed by atoms with E-state index in [4.69, 9.17) is 14.0 Å². The molecule has 0 saturated carbocycles. The van der Waals surface area contributed by atoms with Gasteiger partial charge in [0.25, 0.3) is 11.3 Å². The van der Waals surface area contributed by atoms with E-state index in [1.165, 1.54) is 35.2 Å². The van der Waals surface area contributed by atoms with Gasteiger partial charge in [-0.15, -0.1) is 0 Å². The van der Waals surface area contributed by atoms with E-state index in [9.17, 15) is 14.0 Å². The van der Waals surface area contributed by atoms with E-state index < -0.39 is 11.4 Å². The number of amides is 1. The van der Waals surface area contributed by atoms with Crippen molar-refractivity contribution in [1.82, 2.24) is 24.5 Å². The van der Waals surface area contributed by atoms with Crippen LogP contribution in [0.15, 0.2) is 58.1 Å². The summed E-state index contributed by atoms with van der Waals surface area (Å²) in [5, 5.41) is 4.10. The number of nitrogens with zero attached hydrogens (tertiary/aromatic N) is 5. The van der Waals surface area contributed by atoms with Gasteiger partial charge in [0.15, 0.2) is 11.5 Å². The number of aromatic nitrogens is 3. The molecule has 4 aromatic rings. The number of benzene rings is 2. The molecule has 184 valence electrons. The lowest BCUT2D eigenvalue weighted by atomic mass is 10.1. The minimum atomic E-state index is -0.435. The quantitative estimate of drug-likeness (QED) is 0.419. The normalized spacial score (nSPS) is 15.5. The fourth-order valence-electron chi connectivity index (χ4n) is 4.50. The number of rotatable bonds is 5. The molecule has 36 heavy (non-hydrogen) atoms. The van der Waals surface area contributed by atoms with Crippen molar-refractivity contribution < 1.29 is 23.2 Å². The van der Waals surface area contributed by atoms with E-state index in [-0.39, 0.29) is 36.0 Å². The number of carbonyl (C=O) groups excluding carboxylic acids is 1. The standard InChI is InChI=1S/C25H22FN5O5/c26-18-4-2-17(3-5-18)23-22-24(36-28-23)27-14-31(25(22)33)13-21(32)30-9-7-29(8-10-30)12-16-1-6-19-20(11-16)35-15-34-19/h1-6,11,14H,7-10,12-13,15H2. The number of hydrogen-bond acceptors (Lipinski definition) is 8. The van der Waals surface area contributed by atoms with E-state index in [0.717, 1.165) is 23.6 Å². The molecule has 1 amide bonds. The Kier molecular flexibility index (Phi) is 5.61. The minimum absolute atomic E-state index is 0.0696. The predicted octanol–water partition coefficient (Wildman–Crippen LogP) is 2.26. The number of fused-ring (bicyclic) bond motifs is 2. The summed E-state index contributed by atoms with van der Waals surface area (Å²) >= 11 is 0. The zero-order valence-corrected chi connectivity index (χ0v) is 19.2. The molecule has 6 rings (SSSR count). The molecule has 0 bridgehead atoms. The summed E-state index contributed by atoms with van der Waals surface area (Å²) in [7, 11) is 0. The SMILES string of the molecule is O=C(Cn1cnc2onc(-c3ccc(F)cc3)c2c1=O)N1CCN(Cc2ccc3c(c2)OCO3)CC1. The van der Waals surface area contributed by atoms with Crippen LogP contribution in [0.3, 0.4) is 0 Å². The molecule has 0 atom stereocenters. The maximum atomic E-state index is 13.3. The fourth-order valence-corrected chi connectivity index (χ4v) is 4.50. The molecule has 0 N–H and O–H groups in total. The van der Waals surface area contributed by atoms with Crippen molar-refractivity contribution in [2.45, 2.75) is 13.1 Å². The predicted molar refractivity (Wildman–Crippen MR) is 126 cm³/mol. The second kappa shape index (κ2) is 9.08. The molecule has 1 saturated heterocycles. The van der Waals surface area contributed by atoms with Crippen molar-refractivity contribution in [3.63, 3.8) is 0 Å². The van der Waals surface area contributed by atoms with Gasteiger partial charge in [0.1, 0.15) is 29.8 Å². The summed E-state index contributed by atoms with van der Waals surface area (Å²) in [6.45, 7) is 3.40. The molecule has 2 aliphatic heterocycles. The molecule has 1 fully saturated rings. The first-order valence-electron chi connectivity index (χ1n) is 11.5. The Morgan fingerprint density at radius 2 is 1.78 bits per heavy atom. The van der Waals surface area contributed by atoms with Gasteiger partial charge in [0.05, 0.1) is 0 Å². The summed E-state index contributed by atoms with van der Waals surface area (Å²) in [5.74, 6) is 0.949. The Balaban J connectivity index is 1.12. The van der Waals surface area contributed by atoms with Gasteiger partial charge in [-0.3, -0.25) is 19.1 Å². The van der Waals surface area contributed by atoms with Crippen molar-refractivity contribution in [1.29, 1.82) is 0 Å². The van der Waals surface area contributed by atoms with Crippen LogP contribution in [-0.4, -0.2) is 63.4 Å². The molecular formula is C25H22FN5O5. The first-order valence-corrected chi connectivity index (χ1v) is 11.5. The summed E-state index contributed by atoms with van der Waals surface area (Å²) in [5.41, 5.74) is 1.55. The van der Waals surface area contributed by atoms with Gasteiger partial charge in [-0.1, -0.05) is 11.2 Å². The lowest BCUT2D eigenvalue weighted by Crippen LogP contribution is -2.49. The zero-order valence-electron chi connectivity index (χ0n) is 19.2. The highest BCUT2D eigenvalue weighted by atomic mass is 19.1. The topological polar surface area (TPSA) is 103 Å². The monoisotopic (exact) mass is 491 g/mol. The number of hydrogen-bond donors (Lipinski definition) is 0. The Morgan fingerprint density at radius 3 is 2.58 bits per heavy atom. The van der Waals surface area contributed by atoms with Gasteiger partial charge in [-0.2, -0.15) is 0 Å². The van der Waals surface area contributed by atoms with Gasteiger partial charge < -0.3 is 18.9 Å². The summed E-state index contributed by atoms with van der Waals surface area (Å²) in [6, 6.07) is 11.5. The lowest BCUT2D eigenvalue weighted by molar-refractivity contribution is -0.133. The first kappa shape index (κ1) is 22.2. The minimum Gasteiger partial charge on any atom is -0.454 e. The molecule has 10 nitrogen and oxygen atoms in total. The second-order valence-corrected chi connectivity index (χ2v) is 8.74. The number of carbonyl (C=O) groups is 1. The van der Waals surface area contributed by atoms with Crippen molar-refractivity contribution in [2.24, 2.45) is 0 Å². The average Bonchev–Trinajstić information content (AvgIpc) is 3.54. The van der Waals surface area contributed by atoms with Gasteiger partial charge >= 0.3 is 0 Å². The van der Waals surface area contributed by atoms with Gasteiger partial charge in [-0.05, 0) is 42.0 Å². The van der Waals surface area contributed by atoms with Gasteiger partial charge in [0.2, 0.25) is 12.7 Å². The van der Waals surface area contributed by atoms with E-state index in [2.05, 4.69) is 15.0 Å². The zero-order chi connectivity index (χ0) is 24.6. The Labute approximate surface area is 204 Å². The van der Waals surface area contributed by atoms with E-state index in [1.807, 2.05) is 18.2 Å². The van der Waals surface area contributed by atoms with Crippen LogP contribution in [0.5, 0.6) is 11.5 Å². The summed E-state index contributed by atoms with van der Waals surface area (Å²) in [6.07, 6.45) is 1.29. The third-order valence-electron chi connectivity index (χ3n) is 6.45. The molecule has 4 heterocycles. The maximum absolute atomic E-state index is 13.3. The van der Waals surface area contributed by atoms with E-state index in [1.54, 1.807) is 4.90 Å². The Morgan fingerprint density at radius 1 is 1.00 bits per heavy atom. The Bertz CT molecular complexity index is 1490. The molecule has 11 heteroatoms. The number of ether oxygens (including phenoxy) is 2. The van der Waals surface area contributed by atoms with Crippen molar-refractivity contribution in [2.75, 3.05) is 33.0 Å². The number of halogens is 1. The molecule has 0 aliphatic carbocycles.